The number of piperidine rings is 1. The van der Waals surface area contributed by atoms with E-state index < -0.39 is 17.8 Å². The lowest BCUT2D eigenvalue weighted by molar-refractivity contribution is -0.141. The molecule has 0 aromatic heterocycles. The van der Waals surface area contributed by atoms with Crippen molar-refractivity contribution in [2.75, 3.05) is 19.6 Å². The lowest BCUT2D eigenvalue weighted by Gasteiger charge is -2.31. The number of carboxylic acids is 1. The van der Waals surface area contributed by atoms with E-state index in [2.05, 4.69) is 5.32 Å². The maximum atomic E-state index is 11.9. The Kier molecular flexibility index (Phi) is 5.59. The Morgan fingerprint density at radius 3 is 2.68 bits per heavy atom. The van der Waals surface area contributed by atoms with Gasteiger partial charge in [0.25, 0.3) is 0 Å². The molecule has 0 radical (unpaired) electrons. The summed E-state index contributed by atoms with van der Waals surface area (Å²) in [6, 6.07) is -0.328. The van der Waals surface area contributed by atoms with Crippen LogP contribution in [-0.2, 0) is 9.59 Å². The highest BCUT2D eigenvalue weighted by molar-refractivity contribution is 5.79. The van der Waals surface area contributed by atoms with Gasteiger partial charge in [-0.2, -0.15) is 0 Å². The van der Waals surface area contributed by atoms with Crippen LogP contribution in [0.15, 0.2) is 0 Å². The zero-order chi connectivity index (χ0) is 14.4. The van der Waals surface area contributed by atoms with Crippen LogP contribution in [0.3, 0.4) is 0 Å². The number of hydrogen-bond acceptors (Lipinski definition) is 3. The van der Waals surface area contributed by atoms with E-state index in [0.717, 1.165) is 6.42 Å². The molecule has 1 rings (SSSR count). The van der Waals surface area contributed by atoms with E-state index in [-0.39, 0.29) is 18.5 Å². The smallest absolute Gasteiger partial charge is 0.317 e. The van der Waals surface area contributed by atoms with E-state index in [1.807, 2.05) is 0 Å². The molecule has 19 heavy (non-hydrogen) atoms. The first-order chi connectivity index (χ1) is 8.95. The molecule has 7 heteroatoms. The number of amides is 3. The van der Waals surface area contributed by atoms with Crippen LogP contribution in [0.4, 0.5) is 4.79 Å². The van der Waals surface area contributed by atoms with Crippen LogP contribution in [0.2, 0.25) is 0 Å². The Bertz CT molecular complexity index is 359. The van der Waals surface area contributed by atoms with Crippen LogP contribution >= 0.6 is 0 Å². The number of carboxylic acid groups (broad SMARTS) is 1. The number of nitrogens with zero attached hydrogens (tertiary/aromatic N) is 1. The maximum Gasteiger partial charge on any atom is 0.317 e. The van der Waals surface area contributed by atoms with E-state index in [4.69, 9.17) is 10.8 Å². The Morgan fingerprint density at radius 1 is 1.47 bits per heavy atom. The molecule has 7 nitrogen and oxygen atoms in total. The van der Waals surface area contributed by atoms with Crippen molar-refractivity contribution in [1.29, 1.82) is 0 Å². The van der Waals surface area contributed by atoms with Crippen molar-refractivity contribution in [1.82, 2.24) is 10.2 Å². The van der Waals surface area contributed by atoms with Crippen molar-refractivity contribution in [2.24, 2.45) is 17.6 Å². The third-order valence-corrected chi connectivity index (χ3v) is 3.45. The number of urea groups is 1. The Morgan fingerprint density at radius 2 is 2.16 bits per heavy atom. The lowest BCUT2D eigenvalue weighted by atomic mass is 9.98. The summed E-state index contributed by atoms with van der Waals surface area (Å²) in [6.07, 6.45) is 1.89. The first kappa shape index (κ1) is 15.3. The van der Waals surface area contributed by atoms with Crippen molar-refractivity contribution < 1.29 is 19.5 Å². The minimum atomic E-state index is -0.920. The van der Waals surface area contributed by atoms with Crippen LogP contribution in [0.1, 0.15) is 26.2 Å². The molecule has 1 heterocycles. The summed E-state index contributed by atoms with van der Waals surface area (Å²) in [5, 5.41) is 11.5. The summed E-state index contributed by atoms with van der Waals surface area (Å²) in [5.74, 6) is -2.20. The Hall–Kier alpha value is -1.79. The molecule has 0 aromatic rings. The van der Waals surface area contributed by atoms with Gasteiger partial charge in [0.2, 0.25) is 5.91 Å². The van der Waals surface area contributed by atoms with Gasteiger partial charge in [-0.3, -0.25) is 9.59 Å². The van der Waals surface area contributed by atoms with Gasteiger partial charge in [0.1, 0.15) is 0 Å². The number of primary amides is 1. The number of nitrogens with two attached hydrogens (primary N) is 1. The van der Waals surface area contributed by atoms with E-state index in [9.17, 15) is 14.4 Å². The molecule has 0 aromatic carbocycles. The van der Waals surface area contributed by atoms with Crippen LogP contribution in [0, 0.1) is 11.8 Å². The molecular weight excluding hydrogens is 250 g/mol. The fourth-order valence-electron chi connectivity index (χ4n) is 2.12. The highest BCUT2D eigenvalue weighted by atomic mass is 16.4. The number of hydrogen-bond donors (Lipinski definition) is 3. The Balaban J connectivity index is 2.44. The van der Waals surface area contributed by atoms with Gasteiger partial charge in [-0.25, -0.2) is 4.79 Å². The number of carbonyl (C=O) groups is 3. The van der Waals surface area contributed by atoms with Gasteiger partial charge in [0.05, 0.1) is 11.8 Å². The average Bonchev–Trinajstić information content (AvgIpc) is 2.38. The topological polar surface area (TPSA) is 113 Å². The van der Waals surface area contributed by atoms with Gasteiger partial charge in [-0.15, -0.1) is 0 Å². The molecule has 108 valence electrons. The number of rotatable bonds is 5. The molecule has 1 aliphatic rings. The summed E-state index contributed by atoms with van der Waals surface area (Å²) in [5.41, 5.74) is 5.24. The fourth-order valence-corrected chi connectivity index (χ4v) is 2.12. The first-order valence-corrected chi connectivity index (χ1v) is 6.50. The van der Waals surface area contributed by atoms with Crippen molar-refractivity contribution in [3.05, 3.63) is 0 Å². The molecule has 0 bridgehead atoms. The lowest BCUT2D eigenvalue weighted by Crippen LogP contribution is -2.49. The monoisotopic (exact) mass is 271 g/mol. The Labute approximate surface area is 112 Å². The maximum absolute atomic E-state index is 11.9. The first-order valence-electron chi connectivity index (χ1n) is 6.50. The molecule has 1 aliphatic heterocycles. The van der Waals surface area contributed by atoms with E-state index in [0.29, 0.717) is 25.9 Å². The van der Waals surface area contributed by atoms with Crippen LogP contribution in [0.25, 0.3) is 0 Å². The molecule has 0 aliphatic carbocycles. The summed E-state index contributed by atoms with van der Waals surface area (Å²) >= 11 is 0. The predicted molar refractivity (Wildman–Crippen MR) is 68.3 cm³/mol. The summed E-state index contributed by atoms with van der Waals surface area (Å²) in [7, 11) is 0. The zero-order valence-electron chi connectivity index (χ0n) is 11.1. The SMILES string of the molecule is CCC(CNC(=O)N1CCCC(C(N)=O)C1)C(=O)O. The van der Waals surface area contributed by atoms with Gasteiger partial charge >= 0.3 is 12.0 Å². The summed E-state index contributed by atoms with van der Waals surface area (Å²) in [4.78, 5) is 35.3. The van der Waals surface area contributed by atoms with Crippen molar-refractivity contribution in [2.45, 2.75) is 26.2 Å². The van der Waals surface area contributed by atoms with Gasteiger partial charge in [0.15, 0.2) is 0 Å². The van der Waals surface area contributed by atoms with Crippen LogP contribution in [-0.4, -0.2) is 47.5 Å². The molecule has 0 spiro atoms. The minimum Gasteiger partial charge on any atom is -0.481 e. The molecule has 0 saturated carbocycles. The third kappa shape index (κ3) is 4.42. The standard InChI is InChI=1S/C12H21N3O4/c1-2-8(11(17)18)6-14-12(19)15-5-3-4-9(7-15)10(13)16/h8-9H,2-7H2,1H3,(H2,13,16)(H,14,19)(H,17,18). The van der Waals surface area contributed by atoms with Crippen molar-refractivity contribution in [3.8, 4) is 0 Å². The number of nitrogens with one attached hydrogen (secondary N) is 1. The number of carbonyl (C=O) groups excluding carboxylic acids is 2. The van der Waals surface area contributed by atoms with E-state index in [1.54, 1.807) is 6.92 Å². The normalized spacial score (nSPS) is 20.7. The van der Waals surface area contributed by atoms with Gasteiger partial charge in [-0.1, -0.05) is 6.92 Å². The number of aliphatic carboxylic acids is 1. The van der Waals surface area contributed by atoms with Gasteiger partial charge < -0.3 is 21.1 Å². The molecule has 1 saturated heterocycles. The van der Waals surface area contributed by atoms with E-state index >= 15 is 0 Å². The molecule has 2 atom stereocenters. The molecule has 3 amide bonds. The van der Waals surface area contributed by atoms with E-state index in [1.165, 1.54) is 4.90 Å². The van der Waals surface area contributed by atoms with Gasteiger partial charge in [0, 0.05) is 19.6 Å². The highest BCUT2D eigenvalue weighted by Gasteiger charge is 2.27. The minimum absolute atomic E-state index is 0.0996. The van der Waals surface area contributed by atoms with Crippen molar-refractivity contribution in [3.63, 3.8) is 0 Å². The highest BCUT2D eigenvalue weighted by Crippen LogP contribution is 2.16. The number of likely N-dealkylation sites (tertiary alicyclic amines) is 1. The second-order valence-corrected chi connectivity index (χ2v) is 4.82. The summed E-state index contributed by atoms with van der Waals surface area (Å²) < 4.78 is 0. The zero-order valence-corrected chi connectivity index (χ0v) is 11.1. The average molecular weight is 271 g/mol. The van der Waals surface area contributed by atoms with Gasteiger partial charge in [-0.05, 0) is 19.3 Å². The second kappa shape index (κ2) is 6.96. The second-order valence-electron chi connectivity index (χ2n) is 4.82. The molecule has 2 unspecified atom stereocenters. The van der Waals surface area contributed by atoms with Crippen LogP contribution in [0.5, 0.6) is 0 Å². The third-order valence-electron chi connectivity index (χ3n) is 3.45. The molecular formula is C12H21N3O4. The largest absolute Gasteiger partial charge is 0.481 e. The molecule has 4 N–H and O–H groups in total. The van der Waals surface area contributed by atoms with Crippen molar-refractivity contribution >= 4 is 17.9 Å². The molecule has 1 fully saturated rings. The summed E-state index contributed by atoms with van der Waals surface area (Å²) in [6.45, 7) is 2.74. The predicted octanol–water partition coefficient (Wildman–Crippen LogP) is 0.00410. The fraction of sp³-hybridized carbons (Fsp3) is 0.750. The van der Waals surface area contributed by atoms with Crippen LogP contribution < -0.4 is 11.1 Å². The quantitative estimate of drug-likeness (QED) is 0.653.